The standard InChI is InChI=1S/C19H22ClF2N3O2/c20-18-15(23-9-3-5-12-4-1-2-6-17(12)26)11-24-25(19(18)27)16-8-7-13(21)10-14(16)22/h7-8,10-12,17,23,26H,1-6,9H2. The van der Waals surface area contributed by atoms with E-state index in [9.17, 15) is 18.7 Å². The van der Waals surface area contributed by atoms with Crippen molar-refractivity contribution in [1.82, 2.24) is 9.78 Å². The second-order valence-electron chi connectivity index (χ2n) is 6.87. The summed E-state index contributed by atoms with van der Waals surface area (Å²) in [7, 11) is 0. The van der Waals surface area contributed by atoms with Crippen LogP contribution in [0.3, 0.4) is 0 Å². The summed E-state index contributed by atoms with van der Waals surface area (Å²) in [6.07, 6.45) is 7.01. The number of halogens is 3. The Balaban J connectivity index is 1.64. The normalized spacial score (nSPS) is 19.9. The van der Waals surface area contributed by atoms with Crippen molar-refractivity contribution in [1.29, 1.82) is 0 Å². The number of benzene rings is 1. The van der Waals surface area contributed by atoms with Crippen LogP contribution in [0.5, 0.6) is 0 Å². The minimum absolute atomic E-state index is 0.105. The molecular weight excluding hydrogens is 376 g/mol. The van der Waals surface area contributed by atoms with Gasteiger partial charge in [0, 0.05) is 12.6 Å². The first-order valence-corrected chi connectivity index (χ1v) is 9.50. The molecule has 0 amide bonds. The number of hydrogen-bond donors (Lipinski definition) is 2. The van der Waals surface area contributed by atoms with E-state index in [1.165, 1.54) is 6.20 Å². The molecule has 1 aliphatic carbocycles. The molecule has 3 rings (SSSR count). The van der Waals surface area contributed by atoms with Crippen molar-refractivity contribution in [3.05, 3.63) is 51.4 Å². The third-order valence-corrected chi connectivity index (χ3v) is 5.36. The summed E-state index contributed by atoms with van der Waals surface area (Å²) in [6.45, 7) is 0.582. The average Bonchev–Trinajstić information content (AvgIpc) is 2.64. The fraction of sp³-hybridized carbons (Fsp3) is 0.474. The first-order chi connectivity index (χ1) is 13.0. The molecule has 2 unspecified atom stereocenters. The predicted octanol–water partition coefficient (Wildman–Crippen LogP) is 3.91. The van der Waals surface area contributed by atoms with Crippen LogP contribution in [0.2, 0.25) is 5.02 Å². The summed E-state index contributed by atoms with van der Waals surface area (Å²) >= 11 is 6.11. The van der Waals surface area contributed by atoms with Crippen molar-refractivity contribution in [3.63, 3.8) is 0 Å². The fourth-order valence-corrected chi connectivity index (χ4v) is 3.69. The lowest BCUT2D eigenvalue weighted by molar-refractivity contribution is 0.0648. The third-order valence-electron chi connectivity index (χ3n) is 4.99. The van der Waals surface area contributed by atoms with Crippen molar-refractivity contribution in [2.45, 2.75) is 44.6 Å². The minimum Gasteiger partial charge on any atom is -0.393 e. The van der Waals surface area contributed by atoms with Crippen LogP contribution < -0.4 is 10.9 Å². The molecule has 1 aromatic carbocycles. The van der Waals surface area contributed by atoms with Crippen molar-refractivity contribution in [2.24, 2.45) is 5.92 Å². The molecule has 8 heteroatoms. The largest absolute Gasteiger partial charge is 0.393 e. The van der Waals surface area contributed by atoms with Gasteiger partial charge in [-0.3, -0.25) is 4.79 Å². The molecule has 1 heterocycles. The number of aliphatic hydroxyl groups is 1. The second kappa shape index (κ2) is 8.80. The van der Waals surface area contributed by atoms with Gasteiger partial charge in [0.05, 0.1) is 18.0 Å². The molecule has 0 saturated heterocycles. The van der Waals surface area contributed by atoms with E-state index in [1.807, 2.05) is 0 Å². The molecule has 146 valence electrons. The first-order valence-electron chi connectivity index (χ1n) is 9.12. The van der Waals surface area contributed by atoms with Gasteiger partial charge in [-0.1, -0.05) is 24.4 Å². The Bertz CT molecular complexity index is 859. The van der Waals surface area contributed by atoms with Crippen molar-refractivity contribution in [2.75, 3.05) is 11.9 Å². The predicted molar refractivity (Wildman–Crippen MR) is 100 cm³/mol. The molecule has 2 aromatic rings. The van der Waals surface area contributed by atoms with Gasteiger partial charge in [0.15, 0.2) is 5.82 Å². The van der Waals surface area contributed by atoms with E-state index < -0.39 is 17.2 Å². The summed E-state index contributed by atoms with van der Waals surface area (Å²) in [4.78, 5) is 12.4. The van der Waals surface area contributed by atoms with Gasteiger partial charge >= 0.3 is 0 Å². The van der Waals surface area contributed by atoms with E-state index >= 15 is 0 Å². The monoisotopic (exact) mass is 397 g/mol. The highest BCUT2D eigenvalue weighted by Crippen LogP contribution is 2.28. The maximum atomic E-state index is 13.9. The Morgan fingerprint density at radius 1 is 1.30 bits per heavy atom. The van der Waals surface area contributed by atoms with Gasteiger partial charge in [-0.2, -0.15) is 9.78 Å². The SMILES string of the molecule is O=c1c(Cl)c(NCCCC2CCCCC2O)cnn1-c1ccc(F)cc1F. The van der Waals surface area contributed by atoms with E-state index in [0.29, 0.717) is 24.2 Å². The van der Waals surface area contributed by atoms with Gasteiger partial charge in [0.2, 0.25) is 0 Å². The lowest BCUT2D eigenvalue weighted by atomic mass is 9.83. The summed E-state index contributed by atoms with van der Waals surface area (Å²) in [5.74, 6) is -1.31. The molecule has 5 nitrogen and oxygen atoms in total. The Kier molecular flexibility index (Phi) is 6.44. The number of hydrogen-bond acceptors (Lipinski definition) is 4. The second-order valence-corrected chi connectivity index (χ2v) is 7.24. The lowest BCUT2D eigenvalue weighted by Crippen LogP contribution is -2.25. The highest BCUT2D eigenvalue weighted by Gasteiger charge is 2.22. The molecular formula is C19H22ClF2N3O2. The molecule has 0 bridgehead atoms. The number of rotatable bonds is 6. The van der Waals surface area contributed by atoms with Crippen LogP contribution in [0.15, 0.2) is 29.2 Å². The Hall–Kier alpha value is -1.99. The van der Waals surface area contributed by atoms with Crippen molar-refractivity contribution in [3.8, 4) is 5.69 Å². The van der Waals surface area contributed by atoms with Gasteiger partial charge in [-0.05, 0) is 43.7 Å². The molecule has 1 fully saturated rings. The summed E-state index contributed by atoms with van der Waals surface area (Å²) in [6, 6.07) is 2.87. The molecule has 1 aromatic heterocycles. The maximum Gasteiger partial charge on any atom is 0.292 e. The molecule has 0 aliphatic heterocycles. The van der Waals surface area contributed by atoms with Crippen LogP contribution in [0.25, 0.3) is 5.69 Å². The molecule has 1 saturated carbocycles. The molecule has 0 spiro atoms. The topological polar surface area (TPSA) is 67.2 Å². The minimum atomic E-state index is -0.896. The quantitative estimate of drug-likeness (QED) is 0.725. The number of anilines is 1. The van der Waals surface area contributed by atoms with Gasteiger partial charge in [0.25, 0.3) is 5.56 Å². The number of aliphatic hydroxyl groups excluding tert-OH is 1. The molecule has 2 atom stereocenters. The third kappa shape index (κ3) is 4.65. The maximum absolute atomic E-state index is 13.9. The van der Waals surface area contributed by atoms with Crippen LogP contribution in [-0.4, -0.2) is 27.5 Å². The molecule has 1 aliphatic rings. The number of nitrogens with zero attached hydrogens (tertiary/aromatic N) is 2. The van der Waals surface area contributed by atoms with Crippen LogP contribution in [0, 0.1) is 17.6 Å². The van der Waals surface area contributed by atoms with Crippen LogP contribution in [0.1, 0.15) is 38.5 Å². The van der Waals surface area contributed by atoms with E-state index in [-0.39, 0.29) is 16.8 Å². The highest BCUT2D eigenvalue weighted by atomic mass is 35.5. The van der Waals surface area contributed by atoms with Gasteiger partial charge in [0.1, 0.15) is 16.5 Å². The zero-order valence-electron chi connectivity index (χ0n) is 14.8. The molecule has 0 radical (unpaired) electrons. The van der Waals surface area contributed by atoms with E-state index in [1.54, 1.807) is 0 Å². The van der Waals surface area contributed by atoms with E-state index in [4.69, 9.17) is 11.6 Å². The highest BCUT2D eigenvalue weighted by molar-refractivity contribution is 6.32. The lowest BCUT2D eigenvalue weighted by Gasteiger charge is -2.27. The van der Waals surface area contributed by atoms with Crippen molar-refractivity contribution < 1.29 is 13.9 Å². The van der Waals surface area contributed by atoms with E-state index in [0.717, 1.165) is 55.3 Å². The zero-order valence-corrected chi connectivity index (χ0v) is 15.6. The van der Waals surface area contributed by atoms with Crippen molar-refractivity contribution >= 4 is 17.3 Å². The van der Waals surface area contributed by atoms with Gasteiger partial charge < -0.3 is 10.4 Å². The summed E-state index contributed by atoms with van der Waals surface area (Å²) in [5, 5.41) is 16.9. The Morgan fingerprint density at radius 2 is 2.07 bits per heavy atom. The summed E-state index contributed by atoms with van der Waals surface area (Å²) in [5.41, 5.74) is -0.486. The average molecular weight is 398 g/mol. The van der Waals surface area contributed by atoms with Crippen LogP contribution >= 0.6 is 11.6 Å². The van der Waals surface area contributed by atoms with Crippen LogP contribution in [0.4, 0.5) is 14.5 Å². The van der Waals surface area contributed by atoms with Gasteiger partial charge in [-0.15, -0.1) is 0 Å². The molecule has 27 heavy (non-hydrogen) atoms. The Labute approximate surface area is 161 Å². The smallest absolute Gasteiger partial charge is 0.292 e. The zero-order chi connectivity index (χ0) is 19.4. The number of nitrogens with one attached hydrogen (secondary N) is 1. The Morgan fingerprint density at radius 3 is 2.81 bits per heavy atom. The first kappa shape index (κ1) is 19.8. The van der Waals surface area contributed by atoms with Crippen LogP contribution in [-0.2, 0) is 0 Å². The molecule has 2 N–H and O–H groups in total. The summed E-state index contributed by atoms with van der Waals surface area (Å²) < 4.78 is 27.7. The fourth-order valence-electron chi connectivity index (χ4n) is 3.49. The number of aromatic nitrogens is 2. The van der Waals surface area contributed by atoms with E-state index in [2.05, 4.69) is 10.4 Å². The van der Waals surface area contributed by atoms with Gasteiger partial charge in [-0.25, -0.2) is 8.78 Å².